The summed E-state index contributed by atoms with van der Waals surface area (Å²) in [4.78, 5) is 23.5. The molecule has 8 heterocycles. The van der Waals surface area contributed by atoms with Gasteiger partial charge in [0.15, 0.2) is 11.6 Å². The van der Waals surface area contributed by atoms with Gasteiger partial charge in [0.05, 0.1) is 23.3 Å². The Labute approximate surface area is 393 Å². The first-order valence-corrected chi connectivity index (χ1v) is 24.6. The van der Waals surface area contributed by atoms with Crippen molar-refractivity contribution < 1.29 is 9.53 Å². The van der Waals surface area contributed by atoms with Crippen molar-refractivity contribution in [2.75, 3.05) is 73.6 Å². The SMILES string of the molecule is CC(=O)N1CCc2[nH]nc(N3CCCc4cc(-c5cnn(C)c5)c(C)cc43)c2C1.N#Cc1ccc(N2CCC3(CCN(c4ccc(OC5CN(CC6CCCCC6)C5)nn4)CC3)C2)cc1Cl. The first-order chi connectivity index (χ1) is 32.1. The van der Waals surface area contributed by atoms with Crippen molar-refractivity contribution in [1.29, 1.82) is 5.26 Å². The zero-order chi connectivity index (χ0) is 45.4. The van der Waals surface area contributed by atoms with E-state index in [2.05, 4.69) is 82.5 Å². The molecule has 3 aromatic heterocycles. The van der Waals surface area contributed by atoms with Crippen molar-refractivity contribution in [2.24, 2.45) is 18.4 Å². The van der Waals surface area contributed by atoms with Gasteiger partial charge in [-0.15, -0.1) is 10.2 Å². The highest BCUT2D eigenvalue weighted by atomic mass is 35.5. The van der Waals surface area contributed by atoms with Gasteiger partial charge in [-0.3, -0.25) is 19.5 Å². The summed E-state index contributed by atoms with van der Waals surface area (Å²) in [5.74, 6) is 3.58. The number of carbonyl (C=O) groups is 1. The van der Waals surface area contributed by atoms with E-state index in [0.29, 0.717) is 28.4 Å². The number of likely N-dealkylation sites (tertiary alicyclic amines) is 1. The minimum atomic E-state index is 0.124. The number of nitrogens with one attached hydrogen (secondary N) is 1. The second-order valence-electron chi connectivity index (χ2n) is 19.8. The molecule has 5 aliphatic heterocycles. The Morgan fingerprint density at radius 2 is 1.76 bits per heavy atom. The van der Waals surface area contributed by atoms with Gasteiger partial charge in [0.25, 0.3) is 0 Å². The van der Waals surface area contributed by atoms with Gasteiger partial charge in [-0.1, -0.05) is 30.9 Å². The fraction of sp³-hybridized carbons (Fsp3) is 0.529. The summed E-state index contributed by atoms with van der Waals surface area (Å²) < 4.78 is 7.94. The third-order valence-corrected chi connectivity index (χ3v) is 15.6. The van der Waals surface area contributed by atoms with E-state index in [1.54, 1.807) is 6.92 Å². The van der Waals surface area contributed by atoms with E-state index in [0.717, 1.165) is 125 Å². The molecule has 0 bridgehead atoms. The van der Waals surface area contributed by atoms with Crippen LogP contribution in [0.25, 0.3) is 11.1 Å². The van der Waals surface area contributed by atoms with Gasteiger partial charge in [0, 0.05) is 120 Å². The molecule has 5 aromatic rings. The van der Waals surface area contributed by atoms with Crippen LogP contribution < -0.4 is 19.4 Å². The molecule has 1 amide bonds. The molecule has 1 N–H and O–H groups in total. The number of hydrogen-bond acceptors (Lipinski definition) is 11. The van der Waals surface area contributed by atoms with Gasteiger partial charge >= 0.3 is 0 Å². The summed E-state index contributed by atoms with van der Waals surface area (Å²) in [5, 5.41) is 30.8. The van der Waals surface area contributed by atoms with Gasteiger partial charge in [-0.25, -0.2) is 0 Å². The Hall–Kier alpha value is -5.65. The van der Waals surface area contributed by atoms with E-state index < -0.39 is 0 Å². The smallest absolute Gasteiger partial charge is 0.233 e. The Bertz CT molecular complexity index is 2560. The summed E-state index contributed by atoms with van der Waals surface area (Å²) in [6.45, 7) is 13.5. The lowest BCUT2D eigenvalue weighted by Gasteiger charge is -2.41. The van der Waals surface area contributed by atoms with Gasteiger partial charge < -0.3 is 24.3 Å². The molecule has 6 aliphatic rings. The highest BCUT2D eigenvalue weighted by Crippen LogP contribution is 2.44. The van der Waals surface area contributed by atoms with Gasteiger partial charge in [-0.2, -0.15) is 15.5 Å². The predicted molar refractivity (Wildman–Crippen MR) is 258 cm³/mol. The highest BCUT2D eigenvalue weighted by molar-refractivity contribution is 6.32. The Morgan fingerprint density at radius 3 is 2.47 bits per heavy atom. The van der Waals surface area contributed by atoms with E-state index in [-0.39, 0.29) is 12.0 Å². The number of hydrogen-bond donors (Lipinski definition) is 1. The van der Waals surface area contributed by atoms with Crippen LogP contribution in [0, 0.1) is 29.6 Å². The van der Waals surface area contributed by atoms with Crippen LogP contribution in [0.3, 0.4) is 0 Å². The Morgan fingerprint density at radius 1 is 0.955 bits per heavy atom. The summed E-state index contributed by atoms with van der Waals surface area (Å²) >= 11 is 6.29. The minimum absolute atomic E-state index is 0.124. The number of ether oxygens (including phenoxy) is 1. The molecular weight excluding hydrogens is 848 g/mol. The lowest BCUT2D eigenvalue weighted by Crippen LogP contribution is -2.55. The predicted octanol–water partition coefficient (Wildman–Crippen LogP) is 8.25. The largest absolute Gasteiger partial charge is 0.471 e. The number of aryl methyl sites for hydroxylation is 3. The number of fused-ring (bicyclic) bond motifs is 2. The van der Waals surface area contributed by atoms with Crippen molar-refractivity contribution >= 4 is 40.5 Å². The van der Waals surface area contributed by atoms with Crippen LogP contribution in [0.1, 0.15) is 92.7 Å². The molecule has 0 unspecified atom stereocenters. The molecule has 15 heteroatoms. The number of nitriles is 1. The summed E-state index contributed by atoms with van der Waals surface area (Å²) in [6.07, 6.45) is 17.7. The van der Waals surface area contributed by atoms with Crippen LogP contribution in [-0.2, 0) is 31.2 Å². The maximum atomic E-state index is 11.9. The van der Waals surface area contributed by atoms with E-state index in [9.17, 15) is 4.79 Å². The van der Waals surface area contributed by atoms with Gasteiger partial charge in [-0.05, 0) is 116 Å². The maximum Gasteiger partial charge on any atom is 0.233 e. The zero-order valence-electron chi connectivity index (χ0n) is 38.8. The number of H-pyrrole nitrogens is 1. The maximum absolute atomic E-state index is 11.9. The fourth-order valence-electron chi connectivity index (χ4n) is 11.4. The van der Waals surface area contributed by atoms with Gasteiger partial charge in [0.2, 0.25) is 11.8 Å². The second-order valence-corrected chi connectivity index (χ2v) is 20.2. The van der Waals surface area contributed by atoms with Crippen LogP contribution >= 0.6 is 11.6 Å². The summed E-state index contributed by atoms with van der Waals surface area (Å²) in [5.41, 5.74) is 10.5. The Balaban J connectivity index is 0.000000160. The first kappa shape index (κ1) is 44.2. The second kappa shape index (κ2) is 18.9. The highest BCUT2D eigenvalue weighted by Gasteiger charge is 2.41. The van der Waals surface area contributed by atoms with Crippen LogP contribution in [0.5, 0.6) is 5.88 Å². The number of piperidine rings is 1. The Kier molecular flexibility index (Phi) is 12.7. The molecule has 4 fully saturated rings. The number of carbonyl (C=O) groups excluding carboxylic acids is 1. The minimum Gasteiger partial charge on any atom is -0.471 e. The van der Waals surface area contributed by atoms with Crippen LogP contribution in [0.4, 0.5) is 23.0 Å². The quantitative estimate of drug-likeness (QED) is 0.161. The number of aromatic amines is 1. The number of benzene rings is 2. The standard InChI is InChI=1S/C29H37ClN6O.C22H26N6O/c30-26-16-24(7-6-23(26)17-31)36-15-12-29(21-36)10-13-35(14-11-29)27-8-9-28(33-32-27)37-25-19-34(20-25)18-22-4-2-1-3-5-22;1-14-9-21-16(10-18(14)17-11-23-26(3)12-17)5-4-7-28(21)22-19-13-27(15(2)29)8-6-20(19)24-25-22/h6-9,16,22,25H,1-5,10-15,18-21H2;9-12H,4-8,13H2,1-3H3,(H,24,25). The van der Waals surface area contributed by atoms with Gasteiger partial charge in [0.1, 0.15) is 12.2 Å². The van der Waals surface area contributed by atoms with Crippen molar-refractivity contribution in [1.82, 2.24) is 40.0 Å². The molecule has 11 rings (SSSR count). The monoisotopic (exact) mass is 910 g/mol. The lowest BCUT2D eigenvalue weighted by molar-refractivity contribution is -0.129. The molecule has 346 valence electrons. The molecule has 1 spiro atoms. The normalized spacial score (nSPS) is 19.7. The average Bonchev–Trinajstić information content (AvgIpc) is 4.07. The van der Waals surface area contributed by atoms with Crippen LogP contribution in [-0.4, -0.2) is 111 Å². The van der Waals surface area contributed by atoms with Crippen molar-refractivity contribution in [3.63, 3.8) is 0 Å². The first-order valence-electron chi connectivity index (χ1n) is 24.2. The van der Waals surface area contributed by atoms with E-state index in [1.165, 1.54) is 67.4 Å². The zero-order valence-corrected chi connectivity index (χ0v) is 39.6. The average molecular weight is 912 g/mol. The van der Waals surface area contributed by atoms with E-state index in [1.807, 2.05) is 47.1 Å². The molecule has 0 atom stereocenters. The molecular formula is C51H63ClN12O2. The number of amides is 1. The molecule has 3 saturated heterocycles. The van der Waals surface area contributed by atoms with Crippen molar-refractivity contribution in [2.45, 2.75) is 97.1 Å². The van der Waals surface area contributed by atoms with Crippen molar-refractivity contribution in [3.8, 4) is 23.1 Å². The number of anilines is 4. The van der Waals surface area contributed by atoms with Crippen LogP contribution in [0.15, 0.2) is 54.9 Å². The fourth-order valence-corrected chi connectivity index (χ4v) is 11.6. The molecule has 66 heavy (non-hydrogen) atoms. The molecule has 2 aromatic carbocycles. The summed E-state index contributed by atoms with van der Waals surface area (Å²) in [7, 11) is 1.95. The number of aromatic nitrogens is 6. The molecule has 1 saturated carbocycles. The third kappa shape index (κ3) is 9.34. The van der Waals surface area contributed by atoms with Crippen LogP contribution in [0.2, 0.25) is 5.02 Å². The van der Waals surface area contributed by atoms with E-state index in [4.69, 9.17) is 21.6 Å². The number of halogens is 1. The number of nitrogens with zero attached hydrogens (tertiary/aromatic N) is 11. The lowest BCUT2D eigenvalue weighted by atomic mass is 9.78. The third-order valence-electron chi connectivity index (χ3n) is 15.3. The van der Waals surface area contributed by atoms with Crippen molar-refractivity contribution in [3.05, 3.63) is 87.8 Å². The van der Waals surface area contributed by atoms with E-state index >= 15 is 0 Å². The summed E-state index contributed by atoms with van der Waals surface area (Å²) in [6, 6.07) is 16.6. The number of rotatable bonds is 8. The topological polar surface area (TPSA) is 139 Å². The molecule has 14 nitrogen and oxygen atoms in total. The molecule has 1 aliphatic carbocycles. The molecule has 0 radical (unpaired) electrons.